The fraction of sp³-hybridized carbons (Fsp3) is 0.375. The number of rotatable bonds is 7. The number of thiazole rings is 1. The van der Waals surface area contributed by atoms with Crippen LogP contribution in [0.5, 0.6) is 0 Å². The van der Waals surface area contributed by atoms with Crippen molar-refractivity contribution in [1.29, 1.82) is 0 Å². The van der Waals surface area contributed by atoms with Gasteiger partial charge in [0.1, 0.15) is 10.7 Å². The highest BCUT2D eigenvalue weighted by Crippen LogP contribution is 2.26. The van der Waals surface area contributed by atoms with E-state index in [1.165, 1.54) is 23.5 Å². The molecule has 0 bridgehead atoms. The second-order valence-corrected chi connectivity index (χ2v) is 6.56. The zero-order valence-corrected chi connectivity index (χ0v) is 14.2. The van der Waals surface area contributed by atoms with Gasteiger partial charge in [0, 0.05) is 29.6 Å². The average molecular weight is 349 g/mol. The highest BCUT2D eigenvalue weighted by atomic mass is 32.1. The maximum atomic E-state index is 12.1. The Morgan fingerprint density at radius 2 is 2.21 bits per heavy atom. The number of nitrogens with one attached hydrogen (secondary N) is 1. The van der Waals surface area contributed by atoms with Crippen LogP contribution in [-0.2, 0) is 0 Å². The first-order valence-corrected chi connectivity index (χ1v) is 8.43. The second-order valence-electron chi connectivity index (χ2n) is 5.70. The van der Waals surface area contributed by atoms with Crippen molar-refractivity contribution in [1.82, 2.24) is 10.3 Å². The van der Waals surface area contributed by atoms with Crippen LogP contribution in [0.25, 0.3) is 10.6 Å². The number of non-ortho nitro benzene ring substituents is 1. The molecule has 0 radical (unpaired) electrons. The van der Waals surface area contributed by atoms with E-state index in [4.69, 9.17) is 0 Å². The van der Waals surface area contributed by atoms with Gasteiger partial charge in [-0.1, -0.05) is 26.0 Å². The van der Waals surface area contributed by atoms with Gasteiger partial charge in [-0.2, -0.15) is 0 Å². The third-order valence-electron chi connectivity index (χ3n) is 3.54. The molecule has 7 nitrogen and oxygen atoms in total. The van der Waals surface area contributed by atoms with Gasteiger partial charge in [-0.3, -0.25) is 14.9 Å². The maximum Gasteiger partial charge on any atom is 0.270 e. The first kappa shape index (κ1) is 18.0. The van der Waals surface area contributed by atoms with Crippen LogP contribution >= 0.6 is 11.3 Å². The maximum absolute atomic E-state index is 12.1. The van der Waals surface area contributed by atoms with Crippen LogP contribution in [0.3, 0.4) is 0 Å². The summed E-state index contributed by atoms with van der Waals surface area (Å²) >= 11 is 1.25. The van der Waals surface area contributed by atoms with Gasteiger partial charge in [-0.25, -0.2) is 4.98 Å². The van der Waals surface area contributed by atoms with Crippen LogP contribution in [0.4, 0.5) is 5.69 Å². The highest BCUT2D eigenvalue weighted by molar-refractivity contribution is 7.13. The smallest absolute Gasteiger partial charge is 0.270 e. The Kier molecular flexibility index (Phi) is 5.99. The molecule has 1 aromatic carbocycles. The molecule has 0 saturated heterocycles. The lowest BCUT2D eigenvalue weighted by molar-refractivity contribution is -0.384. The van der Waals surface area contributed by atoms with Crippen LogP contribution in [0.1, 0.15) is 30.8 Å². The van der Waals surface area contributed by atoms with Crippen LogP contribution in [0.2, 0.25) is 0 Å². The van der Waals surface area contributed by atoms with E-state index in [0.29, 0.717) is 23.5 Å². The molecule has 8 heteroatoms. The Bertz CT molecular complexity index is 730. The SMILES string of the molecule is CC(C)C(O)CCNC(=O)c1csc(-c2cccc([N+](=O)[O-])c2)n1. The lowest BCUT2D eigenvalue weighted by Crippen LogP contribution is -2.28. The van der Waals surface area contributed by atoms with Crippen molar-refractivity contribution in [2.24, 2.45) is 5.92 Å². The van der Waals surface area contributed by atoms with E-state index in [1.54, 1.807) is 17.5 Å². The molecule has 24 heavy (non-hydrogen) atoms. The molecule has 1 aromatic heterocycles. The summed E-state index contributed by atoms with van der Waals surface area (Å²) in [6, 6.07) is 6.14. The molecule has 128 valence electrons. The average Bonchev–Trinajstić information content (AvgIpc) is 3.04. The largest absolute Gasteiger partial charge is 0.393 e. The molecule has 0 aliphatic rings. The Morgan fingerprint density at radius 3 is 2.88 bits per heavy atom. The van der Waals surface area contributed by atoms with Gasteiger partial charge in [-0.15, -0.1) is 11.3 Å². The second kappa shape index (κ2) is 7.98. The quantitative estimate of drug-likeness (QED) is 0.590. The number of aromatic nitrogens is 1. The molecule has 1 unspecified atom stereocenters. The Labute approximate surface area is 143 Å². The number of benzene rings is 1. The standard InChI is InChI=1S/C16H19N3O4S/c1-10(2)14(20)6-7-17-15(21)13-9-24-16(18-13)11-4-3-5-12(8-11)19(22)23/h3-5,8-10,14,20H,6-7H2,1-2H3,(H,17,21). The predicted octanol–water partition coefficient (Wildman–Crippen LogP) is 2.86. The van der Waals surface area contributed by atoms with E-state index in [-0.39, 0.29) is 23.2 Å². The molecule has 0 saturated carbocycles. The molecule has 0 aliphatic heterocycles. The van der Waals surface area contributed by atoms with Gasteiger partial charge in [-0.05, 0) is 12.3 Å². The minimum Gasteiger partial charge on any atom is -0.393 e. The number of nitro groups is 1. The number of hydrogen-bond acceptors (Lipinski definition) is 6. The van der Waals surface area contributed by atoms with Crippen molar-refractivity contribution in [3.63, 3.8) is 0 Å². The monoisotopic (exact) mass is 349 g/mol. The summed E-state index contributed by atoms with van der Waals surface area (Å²) in [4.78, 5) is 26.6. The van der Waals surface area contributed by atoms with Crippen molar-refractivity contribution in [3.8, 4) is 10.6 Å². The van der Waals surface area contributed by atoms with Crippen LogP contribution in [0, 0.1) is 16.0 Å². The number of carbonyl (C=O) groups is 1. The molecule has 2 N–H and O–H groups in total. The van der Waals surface area contributed by atoms with Gasteiger partial charge < -0.3 is 10.4 Å². The summed E-state index contributed by atoms with van der Waals surface area (Å²) in [5, 5.41) is 25.4. The van der Waals surface area contributed by atoms with E-state index in [0.717, 1.165) is 0 Å². The minimum absolute atomic E-state index is 0.0172. The Balaban J connectivity index is 2.01. The summed E-state index contributed by atoms with van der Waals surface area (Å²) in [5.41, 5.74) is 0.848. The van der Waals surface area contributed by atoms with E-state index in [1.807, 2.05) is 13.8 Å². The number of nitro benzene ring substituents is 1. The fourth-order valence-electron chi connectivity index (χ4n) is 2.02. The van der Waals surface area contributed by atoms with Gasteiger partial charge in [0.2, 0.25) is 0 Å². The lowest BCUT2D eigenvalue weighted by atomic mass is 10.0. The normalized spacial score (nSPS) is 12.2. The molecule has 2 rings (SSSR count). The van der Waals surface area contributed by atoms with E-state index in [2.05, 4.69) is 10.3 Å². The summed E-state index contributed by atoms with van der Waals surface area (Å²) in [5.74, 6) is -0.180. The molecule has 1 heterocycles. The number of aliphatic hydroxyl groups excluding tert-OH is 1. The van der Waals surface area contributed by atoms with Crippen molar-refractivity contribution in [2.45, 2.75) is 26.4 Å². The van der Waals surface area contributed by atoms with Crippen molar-refractivity contribution in [2.75, 3.05) is 6.54 Å². The molecule has 0 fully saturated rings. The van der Waals surface area contributed by atoms with E-state index in [9.17, 15) is 20.0 Å². The number of aliphatic hydroxyl groups is 1. The first-order chi connectivity index (χ1) is 11.4. The molecule has 1 atom stereocenters. The van der Waals surface area contributed by atoms with Gasteiger partial charge >= 0.3 is 0 Å². The summed E-state index contributed by atoms with van der Waals surface area (Å²) < 4.78 is 0. The van der Waals surface area contributed by atoms with Gasteiger partial charge in [0.25, 0.3) is 11.6 Å². The molecule has 0 spiro atoms. The third-order valence-corrected chi connectivity index (χ3v) is 4.43. The van der Waals surface area contributed by atoms with Gasteiger partial charge in [0.15, 0.2) is 0 Å². The molecular weight excluding hydrogens is 330 g/mol. The lowest BCUT2D eigenvalue weighted by Gasteiger charge is -2.14. The van der Waals surface area contributed by atoms with Crippen molar-refractivity contribution < 1.29 is 14.8 Å². The zero-order chi connectivity index (χ0) is 17.7. The summed E-state index contributed by atoms with van der Waals surface area (Å²) in [7, 11) is 0. The summed E-state index contributed by atoms with van der Waals surface area (Å²) in [6.07, 6.45) is 0.0202. The number of nitrogens with zero attached hydrogens (tertiary/aromatic N) is 2. The van der Waals surface area contributed by atoms with E-state index >= 15 is 0 Å². The molecule has 1 amide bonds. The number of hydrogen-bond donors (Lipinski definition) is 2. The fourth-order valence-corrected chi connectivity index (χ4v) is 2.82. The number of amides is 1. The third kappa shape index (κ3) is 4.59. The van der Waals surface area contributed by atoms with Crippen molar-refractivity contribution in [3.05, 3.63) is 45.5 Å². The molecular formula is C16H19N3O4S. The van der Waals surface area contributed by atoms with Crippen LogP contribution < -0.4 is 5.32 Å². The predicted molar refractivity (Wildman–Crippen MR) is 92.0 cm³/mol. The molecule has 0 aliphatic carbocycles. The zero-order valence-electron chi connectivity index (χ0n) is 13.4. The van der Waals surface area contributed by atoms with E-state index < -0.39 is 11.0 Å². The van der Waals surface area contributed by atoms with Crippen molar-refractivity contribution >= 4 is 22.9 Å². The van der Waals surface area contributed by atoms with Crippen LogP contribution in [-0.4, -0.2) is 33.6 Å². The highest BCUT2D eigenvalue weighted by Gasteiger charge is 2.15. The Hall–Kier alpha value is -2.32. The number of carbonyl (C=O) groups excluding carboxylic acids is 1. The first-order valence-electron chi connectivity index (χ1n) is 7.55. The van der Waals surface area contributed by atoms with Gasteiger partial charge in [0.05, 0.1) is 11.0 Å². The topological polar surface area (TPSA) is 105 Å². The Morgan fingerprint density at radius 1 is 1.46 bits per heavy atom. The summed E-state index contributed by atoms with van der Waals surface area (Å²) in [6.45, 7) is 4.19. The molecule has 2 aromatic rings. The van der Waals surface area contributed by atoms with Crippen LogP contribution in [0.15, 0.2) is 29.6 Å². The minimum atomic E-state index is -0.468.